The van der Waals surface area contributed by atoms with E-state index in [4.69, 9.17) is 0 Å². The zero-order valence-corrected chi connectivity index (χ0v) is 7.20. The first-order chi connectivity index (χ1) is 3.43. The topological polar surface area (TPSA) is 0 Å². The normalized spacial score (nSPS) is 9.29. The van der Waals surface area contributed by atoms with Crippen LogP contribution in [0.1, 0.15) is 0 Å². The predicted octanol–water partition coefficient (Wildman–Crippen LogP) is 1.13. The van der Waals surface area contributed by atoms with Gasteiger partial charge in [0.05, 0.1) is 0 Å². The van der Waals surface area contributed by atoms with Gasteiger partial charge in [0, 0.05) is 0 Å². The molecule has 0 aromatic carbocycles. The van der Waals surface area contributed by atoms with Gasteiger partial charge in [0.2, 0.25) is 0 Å². The molecule has 7 heavy (non-hydrogen) atoms. The third-order valence-corrected chi connectivity index (χ3v) is 4.84. The molecule has 0 aliphatic rings. The van der Waals surface area contributed by atoms with Crippen LogP contribution in [-0.4, -0.2) is 20.9 Å². The summed E-state index contributed by atoms with van der Waals surface area (Å²) in [4.78, 5) is 2.30. The van der Waals surface area contributed by atoms with E-state index in [1.54, 1.807) is 2.93 Å². The van der Waals surface area contributed by atoms with Crippen molar-refractivity contribution >= 4 is 35.2 Å². The Balaban J connectivity index is 2.76. The maximum atomic E-state index is 2.30. The van der Waals surface area contributed by atoms with Gasteiger partial charge in [0.1, 0.15) is 0 Å². The van der Waals surface area contributed by atoms with Gasteiger partial charge in [-0.2, -0.15) is 0 Å². The van der Waals surface area contributed by atoms with E-state index in [9.17, 15) is 0 Å². The van der Waals surface area contributed by atoms with Crippen LogP contribution in [0.15, 0.2) is 17.5 Å². The Bertz CT molecular complexity index is 123. The van der Waals surface area contributed by atoms with Crippen molar-refractivity contribution in [3.8, 4) is 0 Å². The molecule has 1 aromatic heterocycles. The molecule has 0 nitrogen and oxygen atoms in total. The van der Waals surface area contributed by atoms with E-state index >= 15 is 0 Å². The number of thiophene rings is 1. The molecule has 0 radical (unpaired) electrons. The fourth-order valence-corrected chi connectivity index (χ4v) is 2.84. The summed E-state index contributed by atoms with van der Waals surface area (Å²) >= 11 is 2.10. The van der Waals surface area contributed by atoms with Crippen molar-refractivity contribution in [3.05, 3.63) is 17.5 Å². The summed E-state index contributed by atoms with van der Waals surface area (Å²) in [5, 5.41) is 2.14. The van der Waals surface area contributed by atoms with Gasteiger partial charge >= 0.3 is 57.7 Å². The summed E-state index contributed by atoms with van der Waals surface area (Å²) in [6, 6.07) is 4.33. The van der Waals surface area contributed by atoms with Crippen LogP contribution in [0.25, 0.3) is 0 Å². The number of rotatable bonds is 1. The fourth-order valence-electron chi connectivity index (χ4n) is 0.380. The second kappa shape index (κ2) is 2.71. The Kier molecular flexibility index (Phi) is 2.18. The summed E-state index contributed by atoms with van der Waals surface area (Å²) in [5.41, 5.74) is 0. The molecule has 1 heterocycles. The van der Waals surface area contributed by atoms with Gasteiger partial charge in [0.25, 0.3) is 0 Å². The van der Waals surface area contributed by atoms with Crippen LogP contribution in [0, 0.1) is 0 Å². The quantitative estimate of drug-likeness (QED) is 0.629. The summed E-state index contributed by atoms with van der Waals surface area (Å²) in [5.74, 6) is 0. The van der Waals surface area contributed by atoms with E-state index < -0.39 is 0 Å². The average Bonchev–Trinajstić information content (AvgIpc) is 2.14. The molecule has 0 amide bonds. The molecule has 0 fully saturated rings. The Hall–Kier alpha value is 0.490. The summed E-state index contributed by atoms with van der Waals surface area (Å²) in [6.45, 7) is 0. The van der Waals surface area contributed by atoms with Crippen LogP contribution in [0.3, 0.4) is 0 Å². The van der Waals surface area contributed by atoms with Crippen molar-refractivity contribution in [1.82, 2.24) is 0 Å². The molecule has 0 saturated heterocycles. The summed E-state index contributed by atoms with van der Waals surface area (Å²) in [7, 11) is 0. The van der Waals surface area contributed by atoms with Gasteiger partial charge in [-0.05, 0) is 0 Å². The van der Waals surface area contributed by atoms with E-state index in [1.807, 2.05) is 11.3 Å². The first-order valence-electron chi connectivity index (χ1n) is 2.01. The van der Waals surface area contributed by atoms with Crippen molar-refractivity contribution in [2.45, 2.75) is 4.97 Å². The van der Waals surface area contributed by atoms with Crippen molar-refractivity contribution in [1.29, 1.82) is 0 Å². The molecule has 0 aliphatic carbocycles. The third kappa shape index (κ3) is 1.45. The fraction of sp³-hybridized carbons (Fsp3) is 0.200. The third-order valence-electron chi connectivity index (χ3n) is 0.696. The van der Waals surface area contributed by atoms with E-state index in [0.717, 1.165) is 0 Å². The molecule has 1 aromatic rings. The van der Waals surface area contributed by atoms with Gasteiger partial charge in [-0.25, -0.2) is 0 Å². The van der Waals surface area contributed by atoms with E-state index in [1.165, 1.54) is 0 Å². The monoisotopic (exact) mass is 228 g/mol. The Morgan fingerprint density at radius 3 is 2.86 bits per heavy atom. The van der Waals surface area contributed by atoms with Crippen molar-refractivity contribution in [2.75, 3.05) is 0 Å². The van der Waals surface area contributed by atoms with E-state index in [0.29, 0.717) is 0 Å². The molecule has 0 saturated carbocycles. The van der Waals surface area contributed by atoms with Crippen LogP contribution >= 0.6 is 11.3 Å². The van der Waals surface area contributed by atoms with Gasteiger partial charge in [-0.1, -0.05) is 0 Å². The molecular weight excluding hydrogens is 220 g/mol. The van der Waals surface area contributed by atoms with Crippen LogP contribution in [-0.2, 0) is 0 Å². The molecule has 2 heteroatoms. The molecule has 0 N–H and O–H groups in total. The summed E-state index contributed by atoms with van der Waals surface area (Å²) in [6.07, 6.45) is 0. The van der Waals surface area contributed by atoms with Crippen LogP contribution < -0.4 is 2.93 Å². The second-order valence-corrected chi connectivity index (χ2v) is 5.31. The molecular formula is C5H6STe. The second-order valence-electron chi connectivity index (χ2n) is 1.14. The Morgan fingerprint density at radius 1 is 1.71 bits per heavy atom. The number of hydrogen-bond donors (Lipinski definition) is 0. The average molecular weight is 226 g/mol. The van der Waals surface area contributed by atoms with Crippen LogP contribution in [0.2, 0.25) is 4.97 Å². The molecule has 38 valence electrons. The first-order valence-corrected chi connectivity index (χ1v) is 6.38. The van der Waals surface area contributed by atoms with Gasteiger partial charge in [-0.15, -0.1) is 0 Å². The summed E-state index contributed by atoms with van der Waals surface area (Å²) < 4.78 is 1.60. The Labute approximate surface area is 57.6 Å². The molecule has 0 spiro atoms. The minimum absolute atomic E-state index is 0.218. The number of hydrogen-bond acceptors (Lipinski definition) is 1. The van der Waals surface area contributed by atoms with Gasteiger partial charge in [-0.3, -0.25) is 0 Å². The molecule has 0 bridgehead atoms. The van der Waals surface area contributed by atoms with Crippen molar-refractivity contribution in [2.24, 2.45) is 0 Å². The minimum atomic E-state index is 0.218. The molecule has 1 rings (SSSR count). The zero-order valence-electron chi connectivity index (χ0n) is 4.05. The van der Waals surface area contributed by atoms with Crippen LogP contribution in [0.5, 0.6) is 0 Å². The van der Waals surface area contributed by atoms with Gasteiger partial charge in [0.15, 0.2) is 0 Å². The molecule has 0 atom stereocenters. The SMILES string of the molecule is C[Te]c1cccs1. The zero-order chi connectivity index (χ0) is 5.11. The maximum absolute atomic E-state index is 2.30. The first kappa shape index (κ1) is 5.62. The molecule has 0 unspecified atom stereocenters. The standard InChI is InChI=1S/C5H6STe/c1-7-5-3-2-4-6-5/h2-4H,1H3. The van der Waals surface area contributed by atoms with Crippen molar-refractivity contribution < 1.29 is 0 Å². The molecule has 0 aliphatic heterocycles. The van der Waals surface area contributed by atoms with E-state index in [-0.39, 0.29) is 20.9 Å². The van der Waals surface area contributed by atoms with Crippen molar-refractivity contribution in [3.63, 3.8) is 0 Å². The van der Waals surface area contributed by atoms with Gasteiger partial charge < -0.3 is 0 Å². The predicted molar refractivity (Wildman–Crippen MR) is 35.6 cm³/mol. The van der Waals surface area contributed by atoms with Crippen LogP contribution in [0.4, 0.5) is 0 Å². The van der Waals surface area contributed by atoms with E-state index in [2.05, 4.69) is 22.5 Å². The Morgan fingerprint density at radius 2 is 2.57 bits per heavy atom.